The van der Waals surface area contributed by atoms with Crippen molar-refractivity contribution in [2.75, 3.05) is 0 Å². The zero-order valence-electron chi connectivity index (χ0n) is 8.25. The van der Waals surface area contributed by atoms with Gasteiger partial charge in [-0.1, -0.05) is 13.3 Å². The van der Waals surface area contributed by atoms with Gasteiger partial charge in [0.05, 0.1) is 12.4 Å². The van der Waals surface area contributed by atoms with Crippen LogP contribution in [0.25, 0.3) is 0 Å². The third-order valence-corrected chi connectivity index (χ3v) is 2.66. The Balaban J connectivity index is 2.42. The molecular weight excluding hydrogens is 180 g/mol. The Hall–Kier alpha value is -1.09. The number of hydrogen-bond acceptors (Lipinski definition) is 3. The maximum Gasteiger partial charge on any atom is 0.198 e. The second-order valence-corrected chi connectivity index (χ2v) is 3.73. The molecule has 0 aliphatic heterocycles. The summed E-state index contributed by atoms with van der Waals surface area (Å²) in [6.07, 6.45) is 3.88. The largest absolute Gasteiger partial charge is 0.461 e. The van der Waals surface area contributed by atoms with Crippen molar-refractivity contribution in [1.82, 2.24) is 0 Å². The molecular formula is C11H14O3. The second-order valence-electron chi connectivity index (χ2n) is 3.73. The highest BCUT2D eigenvalue weighted by molar-refractivity contribution is 5.96. The Labute approximate surface area is 82.7 Å². The Morgan fingerprint density at radius 3 is 3.14 bits per heavy atom. The molecule has 1 aliphatic rings. The lowest BCUT2D eigenvalue weighted by molar-refractivity contribution is 0.0861. The van der Waals surface area contributed by atoms with Crippen LogP contribution in [-0.2, 0) is 6.42 Å². The van der Waals surface area contributed by atoms with E-state index in [0.717, 1.165) is 24.0 Å². The van der Waals surface area contributed by atoms with Crippen LogP contribution in [0.15, 0.2) is 10.7 Å². The number of carbonyl (C=O) groups excluding carboxylic acids is 1. The van der Waals surface area contributed by atoms with Gasteiger partial charge in [0, 0.05) is 12.0 Å². The van der Waals surface area contributed by atoms with Gasteiger partial charge in [0.15, 0.2) is 11.5 Å². The van der Waals surface area contributed by atoms with E-state index < -0.39 is 6.10 Å². The molecule has 3 heteroatoms. The highest BCUT2D eigenvalue weighted by atomic mass is 16.3. The van der Waals surface area contributed by atoms with Crippen molar-refractivity contribution >= 4 is 5.78 Å². The quantitative estimate of drug-likeness (QED) is 0.785. The number of hydrogen-bond donors (Lipinski definition) is 1. The van der Waals surface area contributed by atoms with Crippen molar-refractivity contribution in [3.63, 3.8) is 0 Å². The summed E-state index contributed by atoms with van der Waals surface area (Å²) in [5.41, 5.74) is 1.73. The average Bonchev–Trinajstić information content (AvgIpc) is 2.58. The van der Waals surface area contributed by atoms with Crippen LogP contribution in [-0.4, -0.2) is 10.9 Å². The van der Waals surface area contributed by atoms with Crippen molar-refractivity contribution in [3.8, 4) is 0 Å². The smallest absolute Gasteiger partial charge is 0.198 e. The number of aryl methyl sites for hydroxylation is 1. The van der Waals surface area contributed by atoms with E-state index in [4.69, 9.17) is 4.42 Å². The van der Waals surface area contributed by atoms with Crippen LogP contribution >= 0.6 is 0 Å². The topological polar surface area (TPSA) is 50.4 Å². The van der Waals surface area contributed by atoms with Crippen molar-refractivity contribution in [2.24, 2.45) is 0 Å². The van der Waals surface area contributed by atoms with Crippen LogP contribution in [0.2, 0.25) is 0 Å². The summed E-state index contributed by atoms with van der Waals surface area (Å²) in [5.74, 6) is 0.403. The molecule has 0 fully saturated rings. The molecule has 1 N–H and O–H groups in total. The highest BCUT2D eigenvalue weighted by Gasteiger charge is 2.29. The molecule has 2 rings (SSSR count). The fourth-order valence-electron chi connectivity index (χ4n) is 1.97. The van der Waals surface area contributed by atoms with Gasteiger partial charge in [-0.3, -0.25) is 4.79 Å². The van der Waals surface area contributed by atoms with E-state index in [-0.39, 0.29) is 5.78 Å². The lowest BCUT2D eigenvalue weighted by Gasteiger charge is -2.16. The average molecular weight is 194 g/mol. The van der Waals surface area contributed by atoms with Crippen LogP contribution in [0.3, 0.4) is 0 Å². The summed E-state index contributed by atoms with van der Waals surface area (Å²) >= 11 is 0. The van der Waals surface area contributed by atoms with Crippen LogP contribution in [0.5, 0.6) is 0 Å². The van der Waals surface area contributed by atoms with E-state index in [1.54, 1.807) is 6.26 Å². The van der Waals surface area contributed by atoms with Gasteiger partial charge in [-0.05, 0) is 18.4 Å². The molecule has 0 bridgehead atoms. The fraction of sp³-hybridized carbons (Fsp3) is 0.545. The molecule has 1 aromatic heterocycles. The van der Waals surface area contributed by atoms with E-state index in [0.29, 0.717) is 18.6 Å². The van der Waals surface area contributed by atoms with Crippen LogP contribution in [0.1, 0.15) is 54.0 Å². The normalized spacial score (nSPS) is 21.0. The van der Waals surface area contributed by atoms with E-state index >= 15 is 0 Å². The fourth-order valence-corrected chi connectivity index (χ4v) is 1.97. The molecule has 1 aliphatic carbocycles. The summed E-state index contributed by atoms with van der Waals surface area (Å²) in [7, 11) is 0. The first-order valence-electron chi connectivity index (χ1n) is 5.05. The van der Waals surface area contributed by atoms with Crippen LogP contribution < -0.4 is 0 Å². The first-order chi connectivity index (χ1) is 6.74. The van der Waals surface area contributed by atoms with Crippen molar-refractivity contribution in [3.05, 3.63) is 23.2 Å². The lowest BCUT2D eigenvalue weighted by Crippen LogP contribution is -2.14. The first kappa shape index (κ1) is 9.46. The SMILES string of the molecule is CCCc1coc2c1C(O)CCC2=O. The van der Waals surface area contributed by atoms with Gasteiger partial charge in [0.2, 0.25) is 0 Å². The van der Waals surface area contributed by atoms with Crippen molar-refractivity contribution in [2.45, 2.75) is 38.7 Å². The Bertz CT molecular complexity index is 351. The first-order valence-corrected chi connectivity index (χ1v) is 5.05. The number of aliphatic hydroxyl groups is 1. The van der Waals surface area contributed by atoms with Crippen molar-refractivity contribution < 1.29 is 14.3 Å². The Morgan fingerprint density at radius 1 is 1.64 bits per heavy atom. The molecule has 0 amide bonds. The summed E-state index contributed by atoms with van der Waals surface area (Å²) in [4.78, 5) is 11.4. The monoisotopic (exact) mass is 194 g/mol. The maximum absolute atomic E-state index is 11.4. The summed E-state index contributed by atoms with van der Waals surface area (Å²) in [6, 6.07) is 0. The number of ketones is 1. The zero-order valence-corrected chi connectivity index (χ0v) is 8.25. The van der Waals surface area contributed by atoms with Gasteiger partial charge in [0.1, 0.15) is 0 Å². The number of furan rings is 1. The number of rotatable bonds is 2. The predicted molar refractivity (Wildman–Crippen MR) is 51.2 cm³/mol. The molecule has 76 valence electrons. The molecule has 1 heterocycles. The molecule has 1 unspecified atom stereocenters. The molecule has 1 aromatic rings. The summed E-state index contributed by atoms with van der Waals surface area (Å²) in [5, 5.41) is 9.76. The van der Waals surface area contributed by atoms with Gasteiger partial charge in [-0.25, -0.2) is 0 Å². The highest BCUT2D eigenvalue weighted by Crippen LogP contribution is 2.34. The molecule has 0 saturated heterocycles. The van der Waals surface area contributed by atoms with Gasteiger partial charge < -0.3 is 9.52 Å². The minimum Gasteiger partial charge on any atom is -0.461 e. The molecule has 3 nitrogen and oxygen atoms in total. The lowest BCUT2D eigenvalue weighted by atomic mass is 9.91. The predicted octanol–water partition coefficient (Wildman–Crippen LogP) is 2.24. The van der Waals surface area contributed by atoms with Gasteiger partial charge in [-0.15, -0.1) is 0 Å². The molecule has 14 heavy (non-hydrogen) atoms. The molecule has 0 spiro atoms. The summed E-state index contributed by atoms with van der Waals surface area (Å²) in [6.45, 7) is 2.07. The van der Waals surface area contributed by atoms with Crippen LogP contribution in [0.4, 0.5) is 0 Å². The molecule has 0 aromatic carbocycles. The molecule has 0 saturated carbocycles. The van der Waals surface area contributed by atoms with E-state index in [9.17, 15) is 9.90 Å². The minimum atomic E-state index is -0.511. The summed E-state index contributed by atoms with van der Waals surface area (Å²) < 4.78 is 5.21. The van der Waals surface area contributed by atoms with E-state index in [1.165, 1.54) is 0 Å². The van der Waals surface area contributed by atoms with Crippen molar-refractivity contribution in [1.29, 1.82) is 0 Å². The Morgan fingerprint density at radius 2 is 2.43 bits per heavy atom. The van der Waals surface area contributed by atoms with Gasteiger partial charge in [0.25, 0.3) is 0 Å². The van der Waals surface area contributed by atoms with E-state index in [2.05, 4.69) is 6.92 Å². The molecule has 0 radical (unpaired) electrons. The number of carbonyl (C=O) groups is 1. The third kappa shape index (κ3) is 1.38. The zero-order chi connectivity index (χ0) is 10.1. The number of aliphatic hydroxyl groups excluding tert-OH is 1. The third-order valence-electron chi connectivity index (χ3n) is 2.66. The molecule has 1 atom stereocenters. The second kappa shape index (κ2) is 3.58. The van der Waals surface area contributed by atoms with Gasteiger partial charge in [-0.2, -0.15) is 0 Å². The maximum atomic E-state index is 11.4. The Kier molecular flexibility index (Phi) is 2.42. The van der Waals surface area contributed by atoms with Gasteiger partial charge >= 0.3 is 0 Å². The van der Waals surface area contributed by atoms with E-state index in [1.807, 2.05) is 0 Å². The number of fused-ring (bicyclic) bond motifs is 1. The number of Topliss-reactive ketones (excluding diaryl/α,β-unsaturated/α-hetero) is 1. The van der Waals surface area contributed by atoms with Crippen LogP contribution in [0, 0.1) is 0 Å². The standard InChI is InChI=1S/C11H14O3/c1-2-3-7-6-14-11-9(13)5-4-8(12)10(7)11/h6,8,12H,2-5H2,1H3. The minimum absolute atomic E-state index is 0.0210.